The first kappa shape index (κ1) is 19.7. The Bertz CT molecular complexity index is 942. The summed E-state index contributed by atoms with van der Waals surface area (Å²) in [6, 6.07) is 5.32. The summed E-state index contributed by atoms with van der Waals surface area (Å²) in [5.41, 5.74) is 1.81. The van der Waals surface area contributed by atoms with E-state index >= 15 is 0 Å². The number of benzene rings is 1. The van der Waals surface area contributed by atoms with E-state index in [0.717, 1.165) is 25.0 Å². The highest BCUT2D eigenvalue weighted by atomic mass is 32.1. The number of amides is 2. The topological polar surface area (TPSA) is 80.8 Å². The number of fused-ring (bicyclic) bond motifs is 1. The maximum atomic E-state index is 12.8. The molecule has 1 aromatic carbocycles. The van der Waals surface area contributed by atoms with E-state index in [9.17, 15) is 9.59 Å². The van der Waals surface area contributed by atoms with Crippen LogP contribution in [0, 0.1) is 11.8 Å². The second kappa shape index (κ2) is 8.02. The van der Waals surface area contributed by atoms with Crippen molar-refractivity contribution in [1.82, 2.24) is 4.98 Å². The molecule has 29 heavy (non-hydrogen) atoms. The second-order valence-corrected chi connectivity index (χ2v) is 8.75. The SMILES string of the molecule is COc1ccc(N2C[C@H](C(=O)Nc3nc4c(s3)C[C@H](C)CC4)CC2=O)cc1OC. The van der Waals surface area contributed by atoms with E-state index in [1.807, 2.05) is 0 Å². The van der Waals surface area contributed by atoms with Crippen LogP contribution in [0.2, 0.25) is 0 Å². The van der Waals surface area contributed by atoms with Gasteiger partial charge < -0.3 is 19.7 Å². The third-order valence-corrected chi connectivity index (χ3v) is 6.63. The fourth-order valence-corrected chi connectivity index (χ4v) is 5.10. The number of aromatic nitrogens is 1. The third-order valence-electron chi connectivity index (χ3n) is 5.59. The number of thiazole rings is 1. The average molecular weight is 416 g/mol. The molecule has 1 aliphatic carbocycles. The quantitative estimate of drug-likeness (QED) is 0.811. The molecule has 0 saturated carbocycles. The summed E-state index contributed by atoms with van der Waals surface area (Å²) < 4.78 is 10.6. The first-order valence-electron chi connectivity index (χ1n) is 9.80. The molecule has 2 heterocycles. The lowest BCUT2D eigenvalue weighted by molar-refractivity contribution is -0.122. The van der Waals surface area contributed by atoms with E-state index < -0.39 is 5.92 Å². The minimum atomic E-state index is -0.407. The zero-order valence-electron chi connectivity index (χ0n) is 16.9. The number of anilines is 2. The molecule has 4 rings (SSSR count). The van der Waals surface area contributed by atoms with Crippen molar-refractivity contribution < 1.29 is 19.1 Å². The lowest BCUT2D eigenvalue weighted by atomic mass is 9.93. The van der Waals surface area contributed by atoms with Gasteiger partial charge in [0.05, 0.1) is 25.8 Å². The molecule has 0 spiro atoms. The van der Waals surface area contributed by atoms with E-state index in [2.05, 4.69) is 17.2 Å². The van der Waals surface area contributed by atoms with Crippen molar-refractivity contribution in [3.05, 3.63) is 28.8 Å². The Balaban J connectivity index is 1.44. The summed E-state index contributed by atoms with van der Waals surface area (Å²) in [5.74, 6) is 1.17. The van der Waals surface area contributed by atoms with Crippen LogP contribution in [0.4, 0.5) is 10.8 Å². The number of carbonyl (C=O) groups is 2. The Labute approximate surface area is 174 Å². The highest BCUT2D eigenvalue weighted by Crippen LogP contribution is 2.35. The minimum Gasteiger partial charge on any atom is -0.493 e. The Kier molecular flexibility index (Phi) is 5.45. The molecule has 2 aromatic rings. The smallest absolute Gasteiger partial charge is 0.231 e. The lowest BCUT2D eigenvalue weighted by Gasteiger charge is -2.18. The number of nitrogens with zero attached hydrogens (tertiary/aromatic N) is 2. The number of nitrogens with one attached hydrogen (secondary N) is 1. The molecule has 1 N–H and O–H groups in total. The number of hydrogen-bond donors (Lipinski definition) is 1. The van der Waals surface area contributed by atoms with Crippen molar-refractivity contribution in [2.24, 2.45) is 11.8 Å². The van der Waals surface area contributed by atoms with Crippen molar-refractivity contribution in [2.45, 2.75) is 32.6 Å². The molecular formula is C21H25N3O4S. The van der Waals surface area contributed by atoms with Crippen molar-refractivity contribution in [3.8, 4) is 11.5 Å². The van der Waals surface area contributed by atoms with Gasteiger partial charge in [0.25, 0.3) is 0 Å². The van der Waals surface area contributed by atoms with Crippen LogP contribution in [0.5, 0.6) is 11.5 Å². The van der Waals surface area contributed by atoms with E-state index in [-0.39, 0.29) is 18.2 Å². The van der Waals surface area contributed by atoms with Gasteiger partial charge in [-0.25, -0.2) is 4.98 Å². The predicted octanol–water partition coefficient (Wildman–Crippen LogP) is 3.28. The second-order valence-electron chi connectivity index (χ2n) is 7.67. The van der Waals surface area contributed by atoms with Gasteiger partial charge in [-0.1, -0.05) is 6.92 Å². The number of ether oxygens (including phenoxy) is 2. The number of carbonyl (C=O) groups excluding carboxylic acids is 2. The molecule has 1 aliphatic heterocycles. The van der Waals surface area contributed by atoms with Gasteiger partial charge in [0.2, 0.25) is 11.8 Å². The zero-order valence-corrected chi connectivity index (χ0v) is 17.7. The Hall–Kier alpha value is -2.61. The summed E-state index contributed by atoms with van der Waals surface area (Å²) >= 11 is 1.56. The van der Waals surface area contributed by atoms with Crippen LogP contribution in [0.15, 0.2) is 18.2 Å². The van der Waals surface area contributed by atoms with Crippen molar-refractivity contribution in [3.63, 3.8) is 0 Å². The van der Waals surface area contributed by atoms with Gasteiger partial charge in [-0.05, 0) is 37.3 Å². The first-order chi connectivity index (χ1) is 14.0. The summed E-state index contributed by atoms with van der Waals surface area (Å²) in [6.45, 7) is 2.58. The van der Waals surface area contributed by atoms with Crippen LogP contribution in [0.1, 0.15) is 30.3 Å². The Morgan fingerprint density at radius 3 is 2.79 bits per heavy atom. The monoisotopic (exact) mass is 415 g/mol. The Morgan fingerprint density at radius 2 is 2.03 bits per heavy atom. The zero-order chi connectivity index (χ0) is 20.5. The van der Waals surface area contributed by atoms with Crippen molar-refractivity contribution >= 4 is 34.0 Å². The van der Waals surface area contributed by atoms with Gasteiger partial charge >= 0.3 is 0 Å². The van der Waals surface area contributed by atoms with Crippen molar-refractivity contribution in [2.75, 3.05) is 31.0 Å². The maximum absolute atomic E-state index is 12.8. The van der Waals surface area contributed by atoms with Crippen LogP contribution >= 0.6 is 11.3 Å². The normalized spacial score (nSPS) is 21.1. The van der Waals surface area contributed by atoms with Crippen LogP contribution in [-0.2, 0) is 22.4 Å². The number of methoxy groups -OCH3 is 2. The van der Waals surface area contributed by atoms with Gasteiger partial charge in [0, 0.05) is 29.6 Å². The third kappa shape index (κ3) is 3.94. The van der Waals surface area contributed by atoms with E-state index in [4.69, 9.17) is 9.47 Å². The number of aryl methyl sites for hydroxylation is 1. The Morgan fingerprint density at radius 1 is 1.24 bits per heavy atom. The van der Waals surface area contributed by atoms with Crippen LogP contribution in [-0.4, -0.2) is 37.6 Å². The summed E-state index contributed by atoms with van der Waals surface area (Å²) in [6.07, 6.45) is 3.32. The number of hydrogen-bond acceptors (Lipinski definition) is 6. The average Bonchev–Trinajstić information content (AvgIpc) is 3.29. The summed E-state index contributed by atoms with van der Waals surface area (Å²) in [4.78, 5) is 32.8. The molecule has 1 saturated heterocycles. The molecule has 2 amide bonds. The molecule has 1 aromatic heterocycles. The first-order valence-corrected chi connectivity index (χ1v) is 10.6. The largest absolute Gasteiger partial charge is 0.493 e. The van der Waals surface area contributed by atoms with Crippen LogP contribution < -0.4 is 19.7 Å². The van der Waals surface area contributed by atoms with E-state index in [0.29, 0.717) is 34.8 Å². The molecule has 2 atom stereocenters. The fraction of sp³-hybridized carbons (Fsp3) is 0.476. The van der Waals surface area contributed by atoms with Crippen LogP contribution in [0.25, 0.3) is 0 Å². The van der Waals surface area contributed by atoms with Gasteiger partial charge in [-0.2, -0.15) is 0 Å². The van der Waals surface area contributed by atoms with Gasteiger partial charge in [-0.3, -0.25) is 9.59 Å². The fourth-order valence-electron chi connectivity index (χ4n) is 3.93. The van der Waals surface area contributed by atoms with Crippen molar-refractivity contribution in [1.29, 1.82) is 0 Å². The standard InChI is InChI=1S/C21H25N3O4S/c1-12-4-6-15-18(8-12)29-21(22-15)23-20(26)13-9-19(25)24(11-13)14-5-7-16(27-2)17(10-14)28-3/h5,7,10,12-13H,4,6,8-9,11H2,1-3H3,(H,22,23,26)/t12-,13-/m1/s1. The molecule has 0 radical (unpaired) electrons. The molecule has 7 nitrogen and oxygen atoms in total. The molecule has 0 unspecified atom stereocenters. The molecule has 154 valence electrons. The van der Waals surface area contributed by atoms with E-state index in [1.54, 1.807) is 48.7 Å². The summed E-state index contributed by atoms with van der Waals surface area (Å²) in [7, 11) is 3.12. The molecule has 1 fully saturated rings. The summed E-state index contributed by atoms with van der Waals surface area (Å²) in [5, 5.41) is 3.58. The number of rotatable bonds is 5. The highest BCUT2D eigenvalue weighted by Gasteiger charge is 2.36. The van der Waals surface area contributed by atoms with Gasteiger partial charge in [0.15, 0.2) is 16.6 Å². The molecule has 0 bridgehead atoms. The molecule has 2 aliphatic rings. The molecular weight excluding hydrogens is 390 g/mol. The molecule has 8 heteroatoms. The van der Waals surface area contributed by atoms with Gasteiger partial charge in [0.1, 0.15) is 0 Å². The van der Waals surface area contributed by atoms with Crippen LogP contribution in [0.3, 0.4) is 0 Å². The maximum Gasteiger partial charge on any atom is 0.231 e. The lowest BCUT2D eigenvalue weighted by Crippen LogP contribution is -2.28. The minimum absolute atomic E-state index is 0.0790. The highest BCUT2D eigenvalue weighted by molar-refractivity contribution is 7.15. The van der Waals surface area contributed by atoms with E-state index in [1.165, 1.54) is 4.88 Å². The van der Waals surface area contributed by atoms with Gasteiger partial charge in [-0.15, -0.1) is 11.3 Å². The predicted molar refractivity (Wildman–Crippen MR) is 112 cm³/mol.